The topological polar surface area (TPSA) is 44.5 Å². The molecule has 1 aromatic carbocycles. The third-order valence-corrected chi connectivity index (χ3v) is 3.45. The molecular weight excluding hydrogens is 305 g/mol. The number of rotatable bonds is 6. The van der Waals surface area contributed by atoms with Crippen LogP contribution in [0.25, 0.3) is 0 Å². The Morgan fingerprint density at radius 3 is 2.41 bits per heavy atom. The van der Waals surface area contributed by atoms with Crippen molar-refractivity contribution in [1.82, 2.24) is 0 Å². The maximum Gasteiger partial charge on any atom is 0.175 e. The predicted molar refractivity (Wildman–Crippen MR) is 74.2 cm³/mol. The first-order chi connectivity index (χ1) is 8.15. The molecule has 2 N–H and O–H groups in total. The average Bonchev–Trinajstić information content (AvgIpc) is 2.31. The molecule has 0 amide bonds. The Hall–Kier alpha value is -0.450. The van der Waals surface area contributed by atoms with Gasteiger partial charge in [0.25, 0.3) is 0 Å². The molecular formula is C12H17BrClNO2. The van der Waals surface area contributed by atoms with E-state index in [1.54, 1.807) is 14.2 Å². The Morgan fingerprint density at radius 1 is 1.24 bits per heavy atom. The maximum atomic E-state index is 6.22. The van der Waals surface area contributed by atoms with Crippen LogP contribution < -0.4 is 15.2 Å². The molecule has 0 spiro atoms. The molecule has 0 unspecified atom stereocenters. The van der Waals surface area contributed by atoms with Gasteiger partial charge in [-0.3, -0.25) is 0 Å². The smallest absolute Gasteiger partial charge is 0.175 e. The van der Waals surface area contributed by atoms with E-state index >= 15 is 0 Å². The summed E-state index contributed by atoms with van der Waals surface area (Å²) in [5.41, 5.74) is 6.46. The number of nitrogens with two attached hydrogens (primary N) is 1. The second kappa shape index (κ2) is 7.09. The number of hydrogen-bond donors (Lipinski definition) is 1. The molecule has 1 rings (SSSR count). The van der Waals surface area contributed by atoms with Crippen LogP contribution in [0.4, 0.5) is 0 Å². The fourth-order valence-electron chi connectivity index (χ4n) is 1.70. The molecule has 0 fully saturated rings. The van der Waals surface area contributed by atoms with Gasteiger partial charge >= 0.3 is 0 Å². The summed E-state index contributed by atoms with van der Waals surface area (Å²) < 4.78 is 11.5. The van der Waals surface area contributed by atoms with Gasteiger partial charge < -0.3 is 15.2 Å². The number of ether oxygens (including phenoxy) is 2. The zero-order chi connectivity index (χ0) is 12.8. The molecule has 0 radical (unpaired) electrons. The number of halogens is 2. The molecule has 0 aliphatic carbocycles. The minimum absolute atomic E-state index is 0.680. The number of unbranched alkanes of at least 4 members (excludes halogenated alkanes) is 1. The Balaban J connectivity index is 3.08. The van der Waals surface area contributed by atoms with Crippen molar-refractivity contribution in [3.8, 4) is 11.5 Å². The van der Waals surface area contributed by atoms with Gasteiger partial charge in [-0.05, 0) is 47.8 Å². The van der Waals surface area contributed by atoms with E-state index in [-0.39, 0.29) is 0 Å². The zero-order valence-corrected chi connectivity index (χ0v) is 12.4. The zero-order valence-electron chi connectivity index (χ0n) is 10.1. The molecule has 0 aliphatic rings. The van der Waals surface area contributed by atoms with E-state index in [0.717, 1.165) is 29.3 Å². The Morgan fingerprint density at radius 2 is 1.88 bits per heavy atom. The van der Waals surface area contributed by atoms with E-state index in [9.17, 15) is 0 Å². The first kappa shape index (κ1) is 14.6. The SMILES string of the molecule is COc1c(Br)cc(Cl)c(CCCCN)c1OC. The number of methoxy groups -OCH3 is 2. The molecule has 1 aromatic rings. The molecule has 0 atom stereocenters. The van der Waals surface area contributed by atoms with Crippen LogP contribution in [-0.2, 0) is 6.42 Å². The molecule has 0 heterocycles. The van der Waals surface area contributed by atoms with Gasteiger partial charge in [0.2, 0.25) is 0 Å². The summed E-state index contributed by atoms with van der Waals surface area (Å²) in [4.78, 5) is 0. The Labute approximate surface area is 115 Å². The van der Waals surface area contributed by atoms with Gasteiger partial charge in [0.15, 0.2) is 11.5 Å². The van der Waals surface area contributed by atoms with Crippen LogP contribution in [0.5, 0.6) is 11.5 Å². The molecule has 96 valence electrons. The lowest BCUT2D eigenvalue weighted by molar-refractivity contribution is 0.349. The van der Waals surface area contributed by atoms with Crippen molar-refractivity contribution >= 4 is 27.5 Å². The summed E-state index contributed by atoms with van der Waals surface area (Å²) in [6.07, 6.45) is 2.79. The van der Waals surface area contributed by atoms with Crippen LogP contribution in [0.15, 0.2) is 10.5 Å². The normalized spacial score (nSPS) is 10.4. The van der Waals surface area contributed by atoms with Crippen LogP contribution in [0.3, 0.4) is 0 Å². The van der Waals surface area contributed by atoms with Crippen molar-refractivity contribution in [2.45, 2.75) is 19.3 Å². The lowest BCUT2D eigenvalue weighted by Gasteiger charge is -2.15. The molecule has 0 aliphatic heterocycles. The lowest BCUT2D eigenvalue weighted by Crippen LogP contribution is -2.02. The third-order valence-electron chi connectivity index (χ3n) is 2.53. The number of benzene rings is 1. The highest BCUT2D eigenvalue weighted by Crippen LogP contribution is 2.42. The van der Waals surface area contributed by atoms with Crippen molar-refractivity contribution < 1.29 is 9.47 Å². The van der Waals surface area contributed by atoms with Crippen LogP contribution in [0.1, 0.15) is 18.4 Å². The van der Waals surface area contributed by atoms with E-state index in [4.69, 9.17) is 26.8 Å². The van der Waals surface area contributed by atoms with E-state index in [0.29, 0.717) is 23.1 Å². The summed E-state index contributed by atoms with van der Waals surface area (Å²) in [5.74, 6) is 1.38. The summed E-state index contributed by atoms with van der Waals surface area (Å²) >= 11 is 9.63. The fraction of sp³-hybridized carbons (Fsp3) is 0.500. The molecule has 17 heavy (non-hydrogen) atoms. The first-order valence-corrected chi connectivity index (χ1v) is 6.61. The minimum atomic E-state index is 0.680. The van der Waals surface area contributed by atoms with Gasteiger partial charge in [0, 0.05) is 10.6 Å². The van der Waals surface area contributed by atoms with Gasteiger partial charge in [-0.1, -0.05) is 11.6 Å². The Kier molecular flexibility index (Phi) is 6.09. The molecule has 0 saturated carbocycles. The molecule has 0 saturated heterocycles. The van der Waals surface area contributed by atoms with Crippen LogP contribution in [0.2, 0.25) is 5.02 Å². The van der Waals surface area contributed by atoms with Crippen LogP contribution in [0, 0.1) is 0 Å². The Bertz CT molecular complexity index is 385. The highest BCUT2D eigenvalue weighted by molar-refractivity contribution is 9.10. The van der Waals surface area contributed by atoms with Crippen molar-refractivity contribution in [1.29, 1.82) is 0 Å². The monoisotopic (exact) mass is 321 g/mol. The second-order valence-electron chi connectivity index (χ2n) is 3.63. The third kappa shape index (κ3) is 3.50. The second-order valence-corrected chi connectivity index (χ2v) is 4.89. The summed E-state index contributed by atoms with van der Waals surface area (Å²) in [7, 11) is 3.23. The average molecular weight is 323 g/mol. The maximum absolute atomic E-state index is 6.22. The largest absolute Gasteiger partial charge is 0.492 e. The van der Waals surface area contributed by atoms with Gasteiger partial charge in [-0.2, -0.15) is 0 Å². The van der Waals surface area contributed by atoms with Gasteiger partial charge in [0.1, 0.15) is 0 Å². The van der Waals surface area contributed by atoms with E-state index < -0.39 is 0 Å². The predicted octanol–water partition coefficient (Wildman–Crippen LogP) is 3.40. The molecule has 5 heteroatoms. The van der Waals surface area contributed by atoms with Crippen molar-refractivity contribution in [3.63, 3.8) is 0 Å². The minimum Gasteiger partial charge on any atom is -0.492 e. The molecule has 0 bridgehead atoms. The van der Waals surface area contributed by atoms with Crippen LogP contribution in [-0.4, -0.2) is 20.8 Å². The summed E-state index contributed by atoms with van der Waals surface area (Å²) in [5, 5.41) is 0.687. The quantitative estimate of drug-likeness (QED) is 0.816. The molecule has 3 nitrogen and oxygen atoms in total. The van der Waals surface area contributed by atoms with Crippen molar-refractivity contribution in [3.05, 3.63) is 21.1 Å². The van der Waals surface area contributed by atoms with Gasteiger partial charge in [-0.25, -0.2) is 0 Å². The highest BCUT2D eigenvalue weighted by Gasteiger charge is 2.17. The van der Waals surface area contributed by atoms with E-state index in [1.807, 2.05) is 6.07 Å². The first-order valence-electron chi connectivity index (χ1n) is 5.44. The lowest BCUT2D eigenvalue weighted by atomic mass is 10.1. The van der Waals surface area contributed by atoms with E-state index in [1.165, 1.54) is 0 Å². The summed E-state index contributed by atoms with van der Waals surface area (Å²) in [6.45, 7) is 0.688. The van der Waals surface area contributed by atoms with E-state index in [2.05, 4.69) is 15.9 Å². The van der Waals surface area contributed by atoms with Gasteiger partial charge in [0.05, 0.1) is 18.7 Å². The van der Waals surface area contributed by atoms with Gasteiger partial charge in [-0.15, -0.1) is 0 Å². The van der Waals surface area contributed by atoms with Crippen LogP contribution >= 0.6 is 27.5 Å². The fourth-order valence-corrected chi connectivity index (χ4v) is 2.70. The standard InChI is InChI=1S/C12H17BrClNO2/c1-16-11-8(5-3-4-6-15)10(14)7-9(13)12(11)17-2/h7H,3-6,15H2,1-2H3. The summed E-state index contributed by atoms with van der Waals surface area (Å²) in [6, 6.07) is 1.83. The number of hydrogen-bond acceptors (Lipinski definition) is 3. The molecule has 0 aromatic heterocycles. The van der Waals surface area contributed by atoms with Crippen molar-refractivity contribution in [2.75, 3.05) is 20.8 Å². The van der Waals surface area contributed by atoms with Crippen molar-refractivity contribution in [2.24, 2.45) is 5.73 Å². The highest BCUT2D eigenvalue weighted by atomic mass is 79.9.